The minimum Gasteiger partial charge on any atom is -0.293 e. The SMILES string of the molecule is S=c1[nH]nc(-c2ccccc2)n1[C@@H]1C=CCCC1. The van der Waals surface area contributed by atoms with Crippen LogP contribution in [0.3, 0.4) is 0 Å². The normalized spacial score (nSPS) is 19.0. The van der Waals surface area contributed by atoms with Crippen LogP contribution in [0.5, 0.6) is 0 Å². The van der Waals surface area contributed by atoms with Crippen LogP contribution in [0.25, 0.3) is 11.4 Å². The molecule has 0 saturated carbocycles. The monoisotopic (exact) mass is 257 g/mol. The van der Waals surface area contributed by atoms with Crippen molar-refractivity contribution in [2.45, 2.75) is 25.3 Å². The van der Waals surface area contributed by atoms with E-state index in [0.717, 1.165) is 17.8 Å². The van der Waals surface area contributed by atoms with Crippen molar-refractivity contribution in [3.8, 4) is 11.4 Å². The van der Waals surface area contributed by atoms with Gasteiger partial charge in [-0.05, 0) is 31.5 Å². The molecule has 2 aromatic rings. The molecular weight excluding hydrogens is 242 g/mol. The van der Waals surface area contributed by atoms with E-state index in [1.807, 2.05) is 18.2 Å². The molecule has 0 radical (unpaired) electrons. The molecule has 1 aromatic carbocycles. The Morgan fingerprint density at radius 3 is 2.83 bits per heavy atom. The third-order valence-corrected chi connectivity index (χ3v) is 3.58. The van der Waals surface area contributed by atoms with E-state index in [1.165, 1.54) is 12.8 Å². The molecule has 92 valence electrons. The Morgan fingerprint density at radius 1 is 1.28 bits per heavy atom. The van der Waals surface area contributed by atoms with Crippen LogP contribution in [0.15, 0.2) is 42.5 Å². The summed E-state index contributed by atoms with van der Waals surface area (Å²) >= 11 is 5.36. The molecule has 0 fully saturated rings. The Hall–Kier alpha value is -1.68. The zero-order chi connectivity index (χ0) is 12.4. The number of nitrogens with zero attached hydrogens (tertiary/aromatic N) is 2. The summed E-state index contributed by atoms with van der Waals surface area (Å²) < 4.78 is 2.82. The molecule has 0 amide bonds. The van der Waals surface area contributed by atoms with Crippen molar-refractivity contribution < 1.29 is 0 Å². The number of benzene rings is 1. The third-order valence-electron chi connectivity index (χ3n) is 3.30. The van der Waals surface area contributed by atoms with Crippen LogP contribution in [0, 0.1) is 4.77 Å². The number of nitrogens with one attached hydrogen (secondary N) is 1. The molecule has 1 aromatic heterocycles. The fraction of sp³-hybridized carbons (Fsp3) is 0.286. The summed E-state index contributed by atoms with van der Waals surface area (Å²) in [6.07, 6.45) is 7.98. The number of allylic oxidation sites excluding steroid dienone is 2. The zero-order valence-corrected chi connectivity index (χ0v) is 10.9. The summed E-state index contributed by atoms with van der Waals surface area (Å²) in [6, 6.07) is 10.5. The molecular formula is C14H15N3S. The lowest BCUT2D eigenvalue weighted by atomic mass is 10.0. The first kappa shape index (κ1) is 11.4. The van der Waals surface area contributed by atoms with Gasteiger partial charge in [0, 0.05) is 5.56 Å². The molecule has 1 heterocycles. The molecule has 3 rings (SSSR count). The van der Waals surface area contributed by atoms with E-state index >= 15 is 0 Å². The van der Waals surface area contributed by atoms with Crippen LogP contribution >= 0.6 is 12.2 Å². The molecule has 18 heavy (non-hydrogen) atoms. The van der Waals surface area contributed by atoms with Crippen molar-refractivity contribution in [2.24, 2.45) is 0 Å². The van der Waals surface area contributed by atoms with Crippen LogP contribution in [0.4, 0.5) is 0 Å². The van der Waals surface area contributed by atoms with E-state index in [0.29, 0.717) is 10.8 Å². The average molecular weight is 257 g/mol. The lowest BCUT2D eigenvalue weighted by Gasteiger charge is -2.19. The lowest BCUT2D eigenvalue weighted by Crippen LogP contribution is -2.10. The summed E-state index contributed by atoms with van der Waals surface area (Å²) in [7, 11) is 0. The van der Waals surface area contributed by atoms with E-state index in [1.54, 1.807) is 0 Å². The van der Waals surface area contributed by atoms with Gasteiger partial charge in [-0.3, -0.25) is 9.67 Å². The van der Waals surface area contributed by atoms with Gasteiger partial charge in [-0.1, -0.05) is 42.5 Å². The Kier molecular flexibility index (Phi) is 3.11. The number of aromatic amines is 1. The van der Waals surface area contributed by atoms with Gasteiger partial charge in [0.05, 0.1) is 6.04 Å². The fourth-order valence-electron chi connectivity index (χ4n) is 2.41. The molecule has 0 unspecified atom stereocenters. The van der Waals surface area contributed by atoms with Gasteiger partial charge in [0.1, 0.15) is 0 Å². The van der Waals surface area contributed by atoms with Crippen molar-refractivity contribution in [3.05, 3.63) is 47.3 Å². The van der Waals surface area contributed by atoms with Crippen LogP contribution in [0.2, 0.25) is 0 Å². The number of hydrogen-bond donors (Lipinski definition) is 1. The molecule has 4 heteroatoms. The van der Waals surface area contributed by atoms with Gasteiger partial charge in [-0.2, -0.15) is 5.10 Å². The van der Waals surface area contributed by atoms with Crippen LogP contribution in [-0.4, -0.2) is 14.8 Å². The molecule has 1 N–H and O–H groups in total. The van der Waals surface area contributed by atoms with Crippen LogP contribution in [0.1, 0.15) is 25.3 Å². The predicted octanol–water partition coefficient (Wildman–Crippen LogP) is 3.89. The van der Waals surface area contributed by atoms with E-state index < -0.39 is 0 Å². The minimum atomic E-state index is 0.334. The summed E-state index contributed by atoms with van der Waals surface area (Å²) in [5.41, 5.74) is 1.10. The molecule has 0 saturated heterocycles. The number of aromatic nitrogens is 3. The number of H-pyrrole nitrogens is 1. The van der Waals surface area contributed by atoms with Gasteiger partial charge in [0.15, 0.2) is 10.6 Å². The molecule has 1 aliphatic carbocycles. The standard InChI is InChI=1S/C14H15N3S/c18-14-16-15-13(11-7-3-1-4-8-11)17(14)12-9-5-2-6-10-12/h1,3-5,7-9,12H,2,6,10H2,(H,16,18)/t12-/m1/s1. The summed E-state index contributed by atoms with van der Waals surface area (Å²) in [5.74, 6) is 0.928. The van der Waals surface area contributed by atoms with Crippen LogP contribution in [-0.2, 0) is 0 Å². The fourth-order valence-corrected chi connectivity index (χ4v) is 2.68. The maximum Gasteiger partial charge on any atom is 0.196 e. The first-order valence-corrected chi connectivity index (χ1v) is 6.66. The maximum absolute atomic E-state index is 5.36. The van der Waals surface area contributed by atoms with Crippen molar-refractivity contribution in [3.63, 3.8) is 0 Å². The highest BCUT2D eigenvalue weighted by atomic mass is 32.1. The van der Waals surface area contributed by atoms with E-state index in [4.69, 9.17) is 12.2 Å². The van der Waals surface area contributed by atoms with Gasteiger partial charge in [0.25, 0.3) is 0 Å². The average Bonchev–Trinajstić information content (AvgIpc) is 2.83. The Labute approximate surface area is 111 Å². The zero-order valence-electron chi connectivity index (χ0n) is 10.0. The van der Waals surface area contributed by atoms with Crippen molar-refractivity contribution >= 4 is 12.2 Å². The molecule has 1 atom stereocenters. The van der Waals surface area contributed by atoms with Crippen LogP contribution < -0.4 is 0 Å². The first-order valence-electron chi connectivity index (χ1n) is 6.25. The summed E-state index contributed by atoms with van der Waals surface area (Å²) in [4.78, 5) is 0. The number of rotatable bonds is 2. The van der Waals surface area contributed by atoms with Crippen molar-refractivity contribution in [1.29, 1.82) is 0 Å². The molecule has 0 spiro atoms. The second-order valence-electron chi connectivity index (χ2n) is 4.51. The van der Waals surface area contributed by atoms with Gasteiger partial charge in [0.2, 0.25) is 0 Å². The number of hydrogen-bond acceptors (Lipinski definition) is 2. The van der Waals surface area contributed by atoms with Gasteiger partial charge < -0.3 is 0 Å². The molecule has 3 nitrogen and oxygen atoms in total. The Bertz CT molecular complexity index is 609. The second kappa shape index (κ2) is 4.90. The Balaban J connectivity index is 2.09. The largest absolute Gasteiger partial charge is 0.293 e. The maximum atomic E-state index is 5.36. The predicted molar refractivity (Wildman–Crippen MR) is 74.9 cm³/mol. The van der Waals surface area contributed by atoms with E-state index in [-0.39, 0.29) is 0 Å². The van der Waals surface area contributed by atoms with Gasteiger partial charge in [-0.25, -0.2) is 0 Å². The second-order valence-corrected chi connectivity index (χ2v) is 4.90. The van der Waals surface area contributed by atoms with Gasteiger partial charge in [-0.15, -0.1) is 0 Å². The highest BCUT2D eigenvalue weighted by Gasteiger charge is 2.17. The summed E-state index contributed by atoms with van der Waals surface area (Å²) in [5, 5.41) is 7.29. The molecule has 0 aliphatic heterocycles. The highest BCUT2D eigenvalue weighted by Crippen LogP contribution is 2.27. The molecule has 0 bridgehead atoms. The third kappa shape index (κ3) is 2.04. The Morgan fingerprint density at radius 2 is 2.11 bits per heavy atom. The van der Waals surface area contributed by atoms with Gasteiger partial charge >= 0.3 is 0 Å². The van der Waals surface area contributed by atoms with E-state index in [9.17, 15) is 0 Å². The highest BCUT2D eigenvalue weighted by molar-refractivity contribution is 7.71. The lowest BCUT2D eigenvalue weighted by molar-refractivity contribution is 0.516. The summed E-state index contributed by atoms with van der Waals surface area (Å²) in [6.45, 7) is 0. The smallest absolute Gasteiger partial charge is 0.196 e. The first-order chi connectivity index (χ1) is 8.86. The van der Waals surface area contributed by atoms with Crippen molar-refractivity contribution in [2.75, 3.05) is 0 Å². The van der Waals surface area contributed by atoms with E-state index in [2.05, 4.69) is 39.0 Å². The molecule has 1 aliphatic rings. The quantitative estimate of drug-likeness (QED) is 0.654. The van der Waals surface area contributed by atoms with Crippen molar-refractivity contribution in [1.82, 2.24) is 14.8 Å². The topological polar surface area (TPSA) is 33.6 Å². The minimum absolute atomic E-state index is 0.334.